The number of nitrogens with two attached hydrogens (primary N) is 1. The number of carboxylic acid groups (broad SMARTS) is 1. The van der Waals surface area contributed by atoms with E-state index in [1.165, 1.54) is 0 Å². The Morgan fingerprint density at radius 3 is 2.75 bits per heavy atom. The van der Waals surface area contributed by atoms with Gasteiger partial charge in [0.2, 0.25) is 0 Å². The highest BCUT2D eigenvalue weighted by Gasteiger charge is 2.37. The lowest BCUT2D eigenvalue weighted by atomic mass is 9.82. The van der Waals surface area contributed by atoms with Gasteiger partial charge in [0.15, 0.2) is 0 Å². The Balaban J connectivity index is 2.58. The summed E-state index contributed by atoms with van der Waals surface area (Å²) >= 11 is 0. The quantitative estimate of drug-likeness (QED) is 0.671. The fourth-order valence-electron chi connectivity index (χ4n) is 2.23. The molecule has 1 saturated carbocycles. The average Bonchev–Trinajstić information content (AvgIpc) is 2.32. The number of hydrogen-bond donors (Lipinski definition) is 2. The molecule has 0 saturated heterocycles. The van der Waals surface area contributed by atoms with Crippen molar-refractivity contribution in [2.45, 2.75) is 32.6 Å². The van der Waals surface area contributed by atoms with Gasteiger partial charge in [-0.3, -0.25) is 4.79 Å². The lowest BCUT2D eigenvalue weighted by molar-refractivity contribution is -0.139. The predicted octanol–water partition coefficient (Wildman–Crippen LogP) is 1.23. The Labute approximate surface area is 72.9 Å². The molecule has 0 heterocycles. The van der Waals surface area contributed by atoms with E-state index in [9.17, 15) is 4.79 Å². The average molecular weight is 171 g/mol. The van der Waals surface area contributed by atoms with Crippen LogP contribution in [0.2, 0.25) is 0 Å². The number of carboxylic acids is 1. The standard InChI is InChI=1S/C9H17NO2/c1-7-2-3-9(4-7,6-10)5-8(11)12/h7H,2-6,10H2,1H3,(H,11,12)/t7-,9?/m1/s1. The highest BCUT2D eigenvalue weighted by atomic mass is 16.4. The first-order valence-electron chi connectivity index (χ1n) is 4.50. The summed E-state index contributed by atoms with van der Waals surface area (Å²) in [7, 11) is 0. The second kappa shape index (κ2) is 3.44. The summed E-state index contributed by atoms with van der Waals surface area (Å²) in [5, 5.41) is 8.70. The zero-order valence-corrected chi connectivity index (χ0v) is 7.55. The van der Waals surface area contributed by atoms with Gasteiger partial charge in [0.05, 0.1) is 6.42 Å². The molecule has 1 aliphatic carbocycles. The summed E-state index contributed by atoms with van der Waals surface area (Å²) < 4.78 is 0. The molecule has 0 aromatic heterocycles. The molecule has 0 radical (unpaired) electrons. The van der Waals surface area contributed by atoms with Crippen LogP contribution in [0.25, 0.3) is 0 Å². The Morgan fingerprint density at radius 2 is 2.42 bits per heavy atom. The second-order valence-electron chi connectivity index (χ2n) is 4.12. The number of carbonyl (C=O) groups is 1. The summed E-state index contributed by atoms with van der Waals surface area (Å²) in [6.45, 7) is 2.68. The van der Waals surface area contributed by atoms with Crippen LogP contribution < -0.4 is 5.73 Å². The molecule has 3 heteroatoms. The normalized spacial score (nSPS) is 35.3. The van der Waals surface area contributed by atoms with Crippen molar-refractivity contribution in [1.82, 2.24) is 0 Å². The molecule has 70 valence electrons. The molecule has 1 fully saturated rings. The maximum absolute atomic E-state index is 10.6. The van der Waals surface area contributed by atoms with Gasteiger partial charge in [0.25, 0.3) is 0 Å². The first kappa shape index (κ1) is 9.52. The van der Waals surface area contributed by atoms with E-state index in [4.69, 9.17) is 10.8 Å². The van der Waals surface area contributed by atoms with E-state index in [0.29, 0.717) is 12.5 Å². The molecule has 0 aromatic rings. The number of aliphatic carboxylic acids is 1. The molecule has 0 spiro atoms. The first-order valence-corrected chi connectivity index (χ1v) is 4.50. The zero-order valence-electron chi connectivity index (χ0n) is 7.55. The van der Waals surface area contributed by atoms with Crippen LogP contribution in [-0.4, -0.2) is 17.6 Å². The van der Waals surface area contributed by atoms with Crippen LogP contribution in [0.3, 0.4) is 0 Å². The monoisotopic (exact) mass is 171 g/mol. The summed E-state index contributed by atoms with van der Waals surface area (Å²) in [5.41, 5.74) is 5.52. The minimum atomic E-state index is -0.713. The van der Waals surface area contributed by atoms with Gasteiger partial charge in [-0.15, -0.1) is 0 Å². The van der Waals surface area contributed by atoms with Crippen LogP contribution in [0.5, 0.6) is 0 Å². The predicted molar refractivity (Wildman–Crippen MR) is 46.8 cm³/mol. The first-order chi connectivity index (χ1) is 5.58. The van der Waals surface area contributed by atoms with Crippen molar-refractivity contribution in [3.8, 4) is 0 Å². The van der Waals surface area contributed by atoms with Crippen molar-refractivity contribution in [2.75, 3.05) is 6.54 Å². The van der Waals surface area contributed by atoms with Gasteiger partial charge in [-0.05, 0) is 30.7 Å². The van der Waals surface area contributed by atoms with Crippen molar-refractivity contribution in [1.29, 1.82) is 0 Å². The molecule has 0 bridgehead atoms. The number of hydrogen-bond acceptors (Lipinski definition) is 2. The van der Waals surface area contributed by atoms with Crippen LogP contribution in [-0.2, 0) is 4.79 Å². The molecule has 3 nitrogen and oxygen atoms in total. The third-order valence-electron chi connectivity index (χ3n) is 2.91. The Bertz CT molecular complexity index is 181. The van der Waals surface area contributed by atoms with Gasteiger partial charge in [-0.1, -0.05) is 13.3 Å². The summed E-state index contributed by atoms with van der Waals surface area (Å²) in [4.78, 5) is 10.6. The molecule has 1 aliphatic rings. The molecular formula is C9H17NO2. The van der Waals surface area contributed by atoms with Crippen molar-refractivity contribution in [3.63, 3.8) is 0 Å². The minimum absolute atomic E-state index is 0.0920. The van der Waals surface area contributed by atoms with Crippen LogP contribution in [0.1, 0.15) is 32.6 Å². The Morgan fingerprint density at radius 1 is 1.75 bits per heavy atom. The number of rotatable bonds is 3. The maximum Gasteiger partial charge on any atom is 0.303 e. The van der Waals surface area contributed by atoms with E-state index in [1.54, 1.807) is 0 Å². The van der Waals surface area contributed by atoms with Gasteiger partial charge in [0.1, 0.15) is 0 Å². The Kier molecular flexibility index (Phi) is 2.73. The van der Waals surface area contributed by atoms with E-state index in [2.05, 4.69) is 6.92 Å². The van der Waals surface area contributed by atoms with Crippen LogP contribution in [0, 0.1) is 11.3 Å². The molecule has 12 heavy (non-hydrogen) atoms. The summed E-state index contributed by atoms with van der Waals surface area (Å²) in [5.74, 6) is -0.0672. The van der Waals surface area contributed by atoms with Gasteiger partial charge >= 0.3 is 5.97 Å². The van der Waals surface area contributed by atoms with Crippen LogP contribution >= 0.6 is 0 Å². The van der Waals surface area contributed by atoms with Gasteiger partial charge in [0, 0.05) is 0 Å². The molecule has 3 N–H and O–H groups in total. The summed E-state index contributed by atoms with van der Waals surface area (Å²) in [6, 6.07) is 0. The van der Waals surface area contributed by atoms with Gasteiger partial charge in [-0.25, -0.2) is 0 Å². The van der Waals surface area contributed by atoms with Gasteiger partial charge < -0.3 is 10.8 Å². The molecule has 0 amide bonds. The molecule has 0 aliphatic heterocycles. The van der Waals surface area contributed by atoms with Crippen LogP contribution in [0.15, 0.2) is 0 Å². The topological polar surface area (TPSA) is 63.3 Å². The fraction of sp³-hybridized carbons (Fsp3) is 0.889. The second-order valence-corrected chi connectivity index (χ2v) is 4.12. The van der Waals surface area contributed by atoms with E-state index < -0.39 is 5.97 Å². The van der Waals surface area contributed by atoms with Crippen molar-refractivity contribution in [2.24, 2.45) is 17.1 Å². The highest BCUT2D eigenvalue weighted by molar-refractivity contribution is 5.67. The largest absolute Gasteiger partial charge is 0.481 e. The van der Waals surface area contributed by atoms with Gasteiger partial charge in [-0.2, -0.15) is 0 Å². The smallest absolute Gasteiger partial charge is 0.303 e. The van der Waals surface area contributed by atoms with Crippen LogP contribution in [0.4, 0.5) is 0 Å². The van der Waals surface area contributed by atoms with Crippen molar-refractivity contribution < 1.29 is 9.90 Å². The third kappa shape index (κ3) is 1.97. The van der Waals surface area contributed by atoms with Crippen molar-refractivity contribution >= 4 is 5.97 Å². The Hall–Kier alpha value is -0.570. The zero-order chi connectivity index (χ0) is 9.19. The molecule has 2 atom stereocenters. The van der Waals surface area contributed by atoms with Crippen molar-refractivity contribution in [3.05, 3.63) is 0 Å². The third-order valence-corrected chi connectivity index (χ3v) is 2.91. The molecular weight excluding hydrogens is 154 g/mol. The lowest BCUT2D eigenvalue weighted by Crippen LogP contribution is -2.30. The fourth-order valence-corrected chi connectivity index (χ4v) is 2.23. The van der Waals surface area contributed by atoms with E-state index in [-0.39, 0.29) is 11.8 Å². The van der Waals surface area contributed by atoms with E-state index in [1.807, 2.05) is 0 Å². The maximum atomic E-state index is 10.6. The molecule has 1 unspecified atom stereocenters. The van der Waals surface area contributed by atoms with E-state index in [0.717, 1.165) is 19.3 Å². The molecule has 1 rings (SSSR count). The summed E-state index contributed by atoms with van der Waals surface area (Å²) in [6.07, 6.45) is 3.34. The van der Waals surface area contributed by atoms with E-state index >= 15 is 0 Å². The molecule has 0 aromatic carbocycles. The lowest BCUT2D eigenvalue weighted by Gasteiger charge is -2.25. The minimum Gasteiger partial charge on any atom is -0.481 e. The SMILES string of the molecule is C[C@@H]1CCC(CN)(CC(=O)O)C1. The highest BCUT2D eigenvalue weighted by Crippen LogP contribution is 2.43.